The van der Waals surface area contributed by atoms with E-state index in [1.165, 1.54) is 6.08 Å². The molecule has 0 fully saturated rings. The molecule has 1 aliphatic heterocycles. The summed E-state index contributed by atoms with van der Waals surface area (Å²) in [6.07, 6.45) is 5.84. The van der Waals surface area contributed by atoms with Gasteiger partial charge >= 0.3 is 0 Å². The first-order chi connectivity index (χ1) is 14.6. The third-order valence-electron chi connectivity index (χ3n) is 4.91. The van der Waals surface area contributed by atoms with Gasteiger partial charge in [0.05, 0.1) is 6.61 Å². The smallest absolute Gasteiger partial charge is 0.244 e. The molecule has 0 saturated carbocycles. The van der Waals surface area contributed by atoms with Gasteiger partial charge in [0.15, 0.2) is 5.78 Å². The zero-order valence-corrected chi connectivity index (χ0v) is 17.1. The average Bonchev–Trinajstić information content (AvgIpc) is 3.19. The Balaban J connectivity index is 1.50. The normalized spacial score (nSPS) is 12.6. The molecule has 1 N–H and O–H groups in total. The monoisotopic (exact) mass is 406 g/mol. The summed E-state index contributed by atoms with van der Waals surface area (Å²) < 4.78 is 5.68. The molecule has 0 aliphatic carbocycles. The second-order valence-electron chi connectivity index (χ2n) is 7.08. The number of ketones is 1. The fourth-order valence-electron chi connectivity index (χ4n) is 3.34. The number of anilines is 1. The summed E-state index contributed by atoms with van der Waals surface area (Å²) in [5.41, 5.74) is 3.31. The number of carbonyl (C=O) groups is 3. The highest BCUT2D eigenvalue weighted by molar-refractivity contribution is 5.98. The minimum Gasteiger partial charge on any atom is -0.493 e. The van der Waals surface area contributed by atoms with Crippen molar-refractivity contribution in [3.05, 3.63) is 65.2 Å². The van der Waals surface area contributed by atoms with Crippen molar-refractivity contribution in [2.45, 2.75) is 26.2 Å². The Labute approximate surface area is 176 Å². The van der Waals surface area contributed by atoms with Gasteiger partial charge in [-0.2, -0.15) is 0 Å². The predicted molar refractivity (Wildman–Crippen MR) is 117 cm³/mol. The molecule has 0 bridgehead atoms. The van der Waals surface area contributed by atoms with E-state index in [9.17, 15) is 14.4 Å². The summed E-state index contributed by atoms with van der Waals surface area (Å²) in [6, 6.07) is 12.9. The van der Waals surface area contributed by atoms with Gasteiger partial charge in [-0.1, -0.05) is 25.1 Å². The Morgan fingerprint density at radius 1 is 1.20 bits per heavy atom. The lowest BCUT2D eigenvalue weighted by Gasteiger charge is -2.10. The van der Waals surface area contributed by atoms with Gasteiger partial charge in [0.25, 0.3) is 0 Å². The second-order valence-corrected chi connectivity index (χ2v) is 7.08. The van der Waals surface area contributed by atoms with E-state index in [1.54, 1.807) is 17.0 Å². The quantitative estimate of drug-likeness (QED) is 0.373. The maximum atomic E-state index is 12.4. The molecule has 3 rings (SSSR count). The van der Waals surface area contributed by atoms with Crippen LogP contribution in [0.25, 0.3) is 6.08 Å². The molecule has 1 aliphatic rings. The van der Waals surface area contributed by atoms with E-state index < -0.39 is 0 Å². The van der Waals surface area contributed by atoms with Crippen molar-refractivity contribution in [1.29, 1.82) is 0 Å². The van der Waals surface area contributed by atoms with Crippen molar-refractivity contribution in [2.24, 2.45) is 0 Å². The molecule has 0 unspecified atom stereocenters. The van der Waals surface area contributed by atoms with E-state index in [1.807, 2.05) is 43.3 Å². The van der Waals surface area contributed by atoms with Gasteiger partial charge in [-0.15, -0.1) is 0 Å². The van der Waals surface area contributed by atoms with Crippen LogP contribution >= 0.6 is 0 Å². The molecular weight excluding hydrogens is 380 g/mol. The number of para-hydroxylation sites is 1. The number of hydrogen-bond donors (Lipinski definition) is 1. The van der Waals surface area contributed by atoms with Gasteiger partial charge in [0, 0.05) is 42.4 Å². The highest BCUT2D eigenvalue weighted by Gasteiger charge is 2.19. The van der Waals surface area contributed by atoms with E-state index in [4.69, 9.17) is 4.74 Å². The maximum Gasteiger partial charge on any atom is 0.244 e. The molecule has 2 aromatic rings. The topological polar surface area (TPSA) is 75.7 Å². The van der Waals surface area contributed by atoms with Crippen LogP contribution in [0.4, 0.5) is 5.69 Å². The molecule has 0 atom stereocenters. The molecule has 0 spiro atoms. The predicted octanol–water partition coefficient (Wildman–Crippen LogP) is 3.40. The number of fused-ring (bicyclic) bond motifs is 1. The van der Waals surface area contributed by atoms with Gasteiger partial charge in [-0.25, -0.2) is 0 Å². The van der Waals surface area contributed by atoms with Crippen LogP contribution in [-0.2, 0) is 16.0 Å². The van der Waals surface area contributed by atoms with Gasteiger partial charge in [-0.3, -0.25) is 14.4 Å². The molecular formula is C24H26N2O4. The van der Waals surface area contributed by atoms with Gasteiger partial charge < -0.3 is 15.0 Å². The van der Waals surface area contributed by atoms with Crippen LogP contribution in [-0.4, -0.2) is 37.8 Å². The van der Waals surface area contributed by atoms with Crippen molar-refractivity contribution in [1.82, 2.24) is 5.32 Å². The van der Waals surface area contributed by atoms with Crippen molar-refractivity contribution in [3.63, 3.8) is 0 Å². The van der Waals surface area contributed by atoms with Crippen molar-refractivity contribution < 1.29 is 19.1 Å². The number of nitrogens with one attached hydrogen (secondary N) is 1. The number of ether oxygens (including phenoxy) is 1. The summed E-state index contributed by atoms with van der Waals surface area (Å²) in [5.74, 6) is 0.442. The van der Waals surface area contributed by atoms with E-state index in [2.05, 4.69) is 5.32 Å². The summed E-state index contributed by atoms with van der Waals surface area (Å²) in [7, 11) is 0. The zero-order valence-electron chi connectivity index (χ0n) is 17.1. The molecule has 0 radical (unpaired) electrons. The Morgan fingerprint density at radius 2 is 2.03 bits per heavy atom. The Bertz CT molecular complexity index is 952. The number of nitrogens with zero attached hydrogens (tertiary/aromatic N) is 1. The first kappa shape index (κ1) is 21.3. The lowest BCUT2D eigenvalue weighted by molar-refractivity contribution is -0.116. The number of benzene rings is 2. The Kier molecular flexibility index (Phi) is 7.38. The van der Waals surface area contributed by atoms with Gasteiger partial charge in [0.1, 0.15) is 5.75 Å². The summed E-state index contributed by atoms with van der Waals surface area (Å²) in [4.78, 5) is 37.2. The standard InChI is InChI=1S/C24H26N2O4/c1-2-15-30-23-6-4-3-5-18(23)8-10-24(29)25-13-11-22(28)20-7-9-21-19(16-20)12-14-26(21)17-27/h3-10,16-17H,2,11-15H2,1H3,(H,25,29)/b10-8+. The molecule has 2 aromatic carbocycles. The molecule has 6 nitrogen and oxygen atoms in total. The summed E-state index contributed by atoms with van der Waals surface area (Å²) >= 11 is 0. The van der Waals surface area contributed by atoms with Gasteiger partial charge in [-0.05, 0) is 48.7 Å². The molecule has 30 heavy (non-hydrogen) atoms. The molecule has 156 valence electrons. The van der Waals surface area contributed by atoms with Crippen LogP contribution in [0.2, 0.25) is 0 Å². The van der Waals surface area contributed by atoms with Crippen molar-refractivity contribution in [2.75, 3.05) is 24.6 Å². The van der Waals surface area contributed by atoms with Gasteiger partial charge in [0.2, 0.25) is 12.3 Å². The minimum absolute atomic E-state index is 0.0371. The third kappa shape index (κ3) is 5.35. The largest absolute Gasteiger partial charge is 0.493 e. The molecule has 1 heterocycles. The number of hydrogen-bond acceptors (Lipinski definition) is 4. The third-order valence-corrected chi connectivity index (χ3v) is 4.91. The summed E-state index contributed by atoms with van der Waals surface area (Å²) in [5, 5.41) is 2.74. The maximum absolute atomic E-state index is 12.4. The first-order valence-corrected chi connectivity index (χ1v) is 10.2. The molecule has 0 saturated heterocycles. The lowest BCUT2D eigenvalue weighted by atomic mass is 10.0. The fraction of sp³-hybridized carbons (Fsp3) is 0.292. The number of rotatable bonds is 10. The number of amides is 2. The van der Waals surface area contributed by atoms with E-state index in [-0.39, 0.29) is 24.7 Å². The van der Waals surface area contributed by atoms with Crippen LogP contribution in [0, 0.1) is 0 Å². The number of Topliss-reactive ketones (excluding diaryl/α,β-unsaturated/α-hetero) is 1. The highest BCUT2D eigenvalue weighted by Crippen LogP contribution is 2.28. The first-order valence-electron chi connectivity index (χ1n) is 10.2. The van der Waals surface area contributed by atoms with E-state index >= 15 is 0 Å². The fourth-order valence-corrected chi connectivity index (χ4v) is 3.34. The second kappa shape index (κ2) is 10.4. The van der Waals surface area contributed by atoms with Crippen molar-refractivity contribution in [3.8, 4) is 5.75 Å². The van der Waals surface area contributed by atoms with Crippen LogP contribution < -0.4 is 15.0 Å². The zero-order chi connectivity index (χ0) is 21.3. The lowest BCUT2D eigenvalue weighted by Crippen LogP contribution is -2.24. The Hall–Kier alpha value is -3.41. The Morgan fingerprint density at radius 3 is 2.83 bits per heavy atom. The highest BCUT2D eigenvalue weighted by atomic mass is 16.5. The van der Waals surface area contributed by atoms with Crippen LogP contribution in [0.1, 0.15) is 41.3 Å². The van der Waals surface area contributed by atoms with Crippen LogP contribution in [0.3, 0.4) is 0 Å². The molecule has 2 amide bonds. The van der Waals surface area contributed by atoms with E-state index in [0.29, 0.717) is 18.7 Å². The SMILES string of the molecule is CCCOc1ccccc1/C=C/C(=O)NCCC(=O)c1ccc2c(c1)CCN2C=O. The average molecular weight is 406 g/mol. The summed E-state index contributed by atoms with van der Waals surface area (Å²) in [6.45, 7) is 3.56. The van der Waals surface area contributed by atoms with Crippen molar-refractivity contribution >= 4 is 29.9 Å². The molecule has 6 heteroatoms. The molecule has 0 aromatic heterocycles. The van der Waals surface area contributed by atoms with Crippen LogP contribution in [0.15, 0.2) is 48.5 Å². The minimum atomic E-state index is -0.260. The van der Waals surface area contributed by atoms with E-state index in [0.717, 1.165) is 41.8 Å². The number of carbonyl (C=O) groups excluding carboxylic acids is 3. The van der Waals surface area contributed by atoms with Crippen LogP contribution in [0.5, 0.6) is 5.75 Å².